The Morgan fingerprint density at radius 1 is 1.02 bits per heavy atom. The summed E-state index contributed by atoms with van der Waals surface area (Å²) in [6.45, 7) is 3.20. The molecule has 1 aliphatic heterocycles. The van der Waals surface area contributed by atoms with E-state index in [1.165, 1.54) is 18.4 Å². The second-order valence-electron chi connectivity index (χ2n) is 11.4. The van der Waals surface area contributed by atoms with Gasteiger partial charge in [-0.1, -0.05) is 23.7 Å². The molecule has 0 radical (unpaired) electrons. The van der Waals surface area contributed by atoms with Gasteiger partial charge >= 0.3 is 6.01 Å². The van der Waals surface area contributed by atoms with Gasteiger partial charge in [0.1, 0.15) is 0 Å². The molecule has 3 aromatic rings. The van der Waals surface area contributed by atoms with Gasteiger partial charge < -0.3 is 20.3 Å². The number of nitrogens with zero attached hydrogens (tertiary/aromatic N) is 4. The summed E-state index contributed by atoms with van der Waals surface area (Å²) in [6.07, 6.45) is 5.16. The molecule has 2 saturated carbocycles. The maximum atomic E-state index is 13.5. The number of halogens is 3. The SMILES string of the molecule is CC(F)(F)COc1nc(Nc2ccc(C(=O)NSC3(CN4CCC4)CC3)cc2)nc(NC2(c3ccc(Cl)cc3)CC2)n1. The molecule has 1 aromatic heterocycles. The first-order valence-electron chi connectivity index (χ1n) is 14.0. The van der Waals surface area contributed by atoms with E-state index >= 15 is 0 Å². The number of ether oxygens (including phenoxy) is 1. The van der Waals surface area contributed by atoms with Crippen LogP contribution < -0.4 is 20.1 Å². The summed E-state index contributed by atoms with van der Waals surface area (Å²) in [5.74, 6) is -2.91. The van der Waals surface area contributed by atoms with Gasteiger partial charge in [0, 0.05) is 34.5 Å². The van der Waals surface area contributed by atoms with Crippen molar-refractivity contribution in [1.29, 1.82) is 0 Å². The van der Waals surface area contributed by atoms with Crippen LogP contribution in [0.4, 0.5) is 26.4 Å². The Kier molecular flexibility index (Phi) is 7.88. The Hall–Kier alpha value is -3.22. The van der Waals surface area contributed by atoms with E-state index in [1.807, 2.05) is 24.3 Å². The van der Waals surface area contributed by atoms with E-state index in [-0.39, 0.29) is 28.6 Å². The average Bonchev–Trinajstić information content (AvgIpc) is 3.87. The standard InChI is InChI=1S/C29H32ClF2N7O2S/c1-27(31,32)18-41-26-35-24(34-25(36-26)37-29(13-14-29)20-5-7-21(30)8-6-20)33-22-9-3-19(4-10-22)23(40)38-42-28(11-12-28)17-39-15-2-16-39/h3-10H,2,11-18H2,1H3,(H,38,40)(H2,33,34,35,36,37). The molecule has 42 heavy (non-hydrogen) atoms. The van der Waals surface area contributed by atoms with Crippen LogP contribution in [0.25, 0.3) is 0 Å². The van der Waals surface area contributed by atoms with Crippen LogP contribution in [0.1, 0.15) is 54.9 Å². The number of carbonyl (C=O) groups excluding carboxylic acids is 1. The molecule has 3 fully saturated rings. The number of amides is 1. The van der Waals surface area contributed by atoms with Gasteiger partial charge in [-0.3, -0.25) is 9.52 Å². The number of hydrogen-bond acceptors (Lipinski definition) is 9. The van der Waals surface area contributed by atoms with Crippen molar-refractivity contribution in [2.75, 3.05) is 36.9 Å². The largest absolute Gasteiger partial charge is 0.457 e. The van der Waals surface area contributed by atoms with Crippen molar-refractivity contribution in [3.8, 4) is 6.01 Å². The minimum Gasteiger partial charge on any atom is -0.457 e. The molecule has 1 saturated heterocycles. The molecular weight excluding hydrogens is 584 g/mol. The first-order chi connectivity index (χ1) is 20.1. The Labute approximate surface area is 252 Å². The summed E-state index contributed by atoms with van der Waals surface area (Å²) in [7, 11) is 0. The fraction of sp³-hybridized carbons (Fsp3) is 0.448. The predicted molar refractivity (Wildman–Crippen MR) is 160 cm³/mol. The predicted octanol–water partition coefficient (Wildman–Crippen LogP) is 6.02. The zero-order valence-electron chi connectivity index (χ0n) is 23.1. The lowest BCUT2D eigenvalue weighted by Crippen LogP contribution is -2.43. The maximum absolute atomic E-state index is 13.5. The van der Waals surface area contributed by atoms with Crippen LogP contribution in [-0.2, 0) is 5.54 Å². The Morgan fingerprint density at radius 3 is 2.31 bits per heavy atom. The van der Waals surface area contributed by atoms with Gasteiger partial charge in [-0.05, 0) is 99.1 Å². The van der Waals surface area contributed by atoms with Crippen LogP contribution in [0, 0.1) is 0 Å². The Bertz CT molecular complexity index is 1430. The van der Waals surface area contributed by atoms with Crippen molar-refractivity contribution >= 4 is 47.0 Å². The van der Waals surface area contributed by atoms with Crippen LogP contribution in [0.2, 0.25) is 5.02 Å². The highest BCUT2D eigenvalue weighted by molar-refractivity contribution is 7.99. The zero-order chi connectivity index (χ0) is 29.4. The van der Waals surface area contributed by atoms with Crippen LogP contribution in [0.15, 0.2) is 48.5 Å². The minimum atomic E-state index is -3.06. The lowest BCUT2D eigenvalue weighted by Gasteiger charge is -2.33. The molecule has 9 nitrogen and oxygen atoms in total. The van der Waals surface area contributed by atoms with Gasteiger partial charge in [-0.25, -0.2) is 8.78 Å². The summed E-state index contributed by atoms with van der Waals surface area (Å²) in [6, 6.07) is 14.2. The number of hydrogen-bond donors (Lipinski definition) is 3. The molecular formula is C29H32ClF2N7O2S. The van der Waals surface area contributed by atoms with Crippen molar-refractivity contribution in [2.24, 2.45) is 0 Å². The van der Waals surface area contributed by atoms with Crippen molar-refractivity contribution in [2.45, 2.75) is 55.2 Å². The van der Waals surface area contributed by atoms with E-state index in [2.05, 4.69) is 35.2 Å². The van der Waals surface area contributed by atoms with E-state index in [1.54, 1.807) is 24.3 Å². The molecule has 0 atom stereocenters. The number of likely N-dealkylation sites (tertiary alicyclic amines) is 1. The van der Waals surface area contributed by atoms with Crippen LogP contribution in [-0.4, -0.2) is 62.7 Å². The minimum absolute atomic E-state index is 0.114. The highest BCUT2D eigenvalue weighted by atomic mass is 35.5. The van der Waals surface area contributed by atoms with E-state index in [0.717, 1.165) is 57.8 Å². The number of benzene rings is 2. The fourth-order valence-electron chi connectivity index (χ4n) is 4.74. The molecule has 6 rings (SSSR count). The monoisotopic (exact) mass is 615 g/mol. The van der Waals surface area contributed by atoms with E-state index in [0.29, 0.717) is 16.3 Å². The number of nitrogens with one attached hydrogen (secondary N) is 3. The third kappa shape index (κ3) is 7.22. The van der Waals surface area contributed by atoms with Gasteiger partial charge in [0.05, 0.1) is 5.54 Å². The third-order valence-corrected chi connectivity index (χ3v) is 9.11. The molecule has 2 heterocycles. The van der Waals surface area contributed by atoms with E-state index < -0.39 is 18.1 Å². The lowest BCUT2D eigenvalue weighted by atomic mass is 10.1. The molecule has 3 aliphatic rings. The Balaban J connectivity index is 1.13. The molecule has 0 unspecified atom stereocenters. The fourth-order valence-corrected chi connectivity index (χ4v) is 5.85. The van der Waals surface area contributed by atoms with Crippen molar-refractivity contribution in [3.05, 3.63) is 64.7 Å². The zero-order valence-corrected chi connectivity index (χ0v) is 24.7. The molecule has 13 heteroatoms. The molecule has 222 valence electrons. The molecule has 1 amide bonds. The van der Waals surface area contributed by atoms with Gasteiger partial charge in [0.25, 0.3) is 11.8 Å². The summed E-state index contributed by atoms with van der Waals surface area (Å²) in [5, 5.41) is 7.04. The van der Waals surface area contributed by atoms with Gasteiger partial charge in [-0.2, -0.15) is 15.0 Å². The van der Waals surface area contributed by atoms with Crippen molar-refractivity contribution < 1.29 is 18.3 Å². The van der Waals surface area contributed by atoms with Gasteiger partial charge in [0.2, 0.25) is 11.9 Å². The van der Waals surface area contributed by atoms with Gasteiger partial charge in [-0.15, -0.1) is 0 Å². The molecule has 0 spiro atoms. The molecule has 2 aromatic carbocycles. The molecule has 2 aliphatic carbocycles. The smallest absolute Gasteiger partial charge is 0.323 e. The number of rotatable bonds is 13. The third-order valence-electron chi connectivity index (χ3n) is 7.60. The second-order valence-corrected chi connectivity index (χ2v) is 13.1. The lowest BCUT2D eigenvalue weighted by molar-refractivity contribution is -0.0256. The summed E-state index contributed by atoms with van der Waals surface area (Å²) < 4.78 is 35.4. The quantitative estimate of drug-likeness (QED) is 0.199. The van der Waals surface area contributed by atoms with E-state index in [4.69, 9.17) is 16.3 Å². The number of alkyl halides is 2. The average molecular weight is 616 g/mol. The highest BCUT2D eigenvalue weighted by Crippen LogP contribution is 2.49. The van der Waals surface area contributed by atoms with Gasteiger partial charge in [0.15, 0.2) is 6.61 Å². The van der Waals surface area contributed by atoms with Crippen LogP contribution >= 0.6 is 23.5 Å². The molecule has 0 bridgehead atoms. The maximum Gasteiger partial charge on any atom is 0.323 e. The molecule has 3 N–H and O–H groups in total. The van der Waals surface area contributed by atoms with Crippen molar-refractivity contribution in [3.63, 3.8) is 0 Å². The number of carbonyl (C=O) groups is 1. The topological polar surface area (TPSA) is 104 Å². The van der Waals surface area contributed by atoms with Crippen LogP contribution in [0.5, 0.6) is 6.01 Å². The number of anilines is 3. The van der Waals surface area contributed by atoms with Crippen molar-refractivity contribution in [1.82, 2.24) is 24.6 Å². The highest BCUT2D eigenvalue weighted by Gasteiger charge is 2.46. The number of aromatic nitrogens is 3. The first kappa shape index (κ1) is 28.9. The summed E-state index contributed by atoms with van der Waals surface area (Å²) in [4.78, 5) is 28.1. The first-order valence-corrected chi connectivity index (χ1v) is 15.2. The second kappa shape index (κ2) is 11.5. The normalized spacial score (nSPS) is 18.5. The van der Waals surface area contributed by atoms with E-state index in [9.17, 15) is 13.6 Å². The van der Waals surface area contributed by atoms with Crippen LogP contribution in [0.3, 0.4) is 0 Å². The summed E-state index contributed by atoms with van der Waals surface area (Å²) >= 11 is 7.59. The Morgan fingerprint density at radius 2 is 1.71 bits per heavy atom. The summed E-state index contributed by atoms with van der Waals surface area (Å²) in [5.41, 5.74) is 1.76.